The van der Waals surface area contributed by atoms with Crippen LogP contribution in [0.1, 0.15) is 25.8 Å². The summed E-state index contributed by atoms with van der Waals surface area (Å²) in [6.45, 7) is 3.61. The molecule has 2 rings (SSSR count). The average molecular weight is 394 g/mol. The van der Waals surface area contributed by atoms with Gasteiger partial charge in [0.1, 0.15) is 8.42 Å². The van der Waals surface area contributed by atoms with E-state index in [0.717, 1.165) is 0 Å². The van der Waals surface area contributed by atoms with E-state index in [-0.39, 0.29) is 33.5 Å². The second kappa shape index (κ2) is 7.21. The average Bonchev–Trinajstić information content (AvgIpc) is 2.93. The Morgan fingerprint density at radius 1 is 1.42 bits per heavy atom. The van der Waals surface area contributed by atoms with Crippen molar-refractivity contribution in [2.45, 2.75) is 28.7 Å². The predicted molar refractivity (Wildman–Crippen MR) is 89.3 cm³/mol. The Hall–Kier alpha value is -1.43. The van der Waals surface area contributed by atoms with Crippen LogP contribution in [0.25, 0.3) is 6.08 Å². The molecule has 0 atom stereocenters. The van der Waals surface area contributed by atoms with E-state index < -0.39 is 20.0 Å². The van der Waals surface area contributed by atoms with E-state index in [9.17, 15) is 21.6 Å². The lowest BCUT2D eigenvalue weighted by Gasteiger charge is -2.07. The van der Waals surface area contributed by atoms with E-state index in [1.807, 2.05) is 0 Å². The van der Waals surface area contributed by atoms with Gasteiger partial charge in [-0.3, -0.25) is 9.52 Å². The first-order valence-electron chi connectivity index (χ1n) is 7.12. The monoisotopic (exact) mass is 394 g/mol. The zero-order valence-electron chi connectivity index (χ0n) is 13.1. The number of carbonyl (C=O) groups excluding carboxylic acids is 1. The van der Waals surface area contributed by atoms with E-state index in [1.54, 1.807) is 13.8 Å². The van der Waals surface area contributed by atoms with Crippen LogP contribution in [0.2, 0.25) is 0 Å². The van der Waals surface area contributed by atoms with Crippen molar-refractivity contribution < 1.29 is 26.4 Å². The van der Waals surface area contributed by atoms with Gasteiger partial charge in [-0.1, -0.05) is 13.8 Å². The van der Waals surface area contributed by atoms with E-state index >= 15 is 0 Å². The van der Waals surface area contributed by atoms with Gasteiger partial charge in [0.25, 0.3) is 10.0 Å². The molecule has 0 saturated heterocycles. The van der Waals surface area contributed by atoms with Crippen molar-refractivity contribution in [3.8, 4) is 0 Å². The number of carbonyl (C=O) groups is 1. The summed E-state index contributed by atoms with van der Waals surface area (Å²) < 4.78 is 57.5. The van der Waals surface area contributed by atoms with Crippen molar-refractivity contribution in [2.24, 2.45) is 5.92 Å². The van der Waals surface area contributed by atoms with E-state index in [1.165, 1.54) is 18.3 Å². The molecule has 0 amide bonds. The molecule has 1 aromatic heterocycles. The summed E-state index contributed by atoms with van der Waals surface area (Å²) in [5, 5.41) is 0. The van der Waals surface area contributed by atoms with Gasteiger partial charge >= 0.3 is 5.97 Å². The molecule has 1 aliphatic rings. The lowest BCUT2D eigenvalue weighted by molar-refractivity contribution is -0.147. The highest BCUT2D eigenvalue weighted by Crippen LogP contribution is 2.32. The molecule has 8 nitrogen and oxygen atoms in total. The number of thiophene rings is 1. The molecular formula is C13H18N2O6S3. The summed E-state index contributed by atoms with van der Waals surface area (Å²) in [5.41, 5.74) is 0.338. The molecule has 0 saturated carbocycles. The van der Waals surface area contributed by atoms with Crippen LogP contribution in [-0.2, 0) is 29.6 Å². The Labute approximate surface area is 145 Å². The van der Waals surface area contributed by atoms with Crippen molar-refractivity contribution >= 4 is 43.4 Å². The summed E-state index contributed by atoms with van der Waals surface area (Å²) in [5.74, 6) is -0.573. The fourth-order valence-electron chi connectivity index (χ4n) is 1.78. The first kappa shape index (κ1) is 18.9. The summed E-state index contributed by atoms with van der Waals surface area (Å²) in [7, 11) is -7.52. The molecule has 0 unspecified atom stereocenters. The molecule has 24 heavy (non-hydrogen) atoms. The maximum Gasteiger partial charge on any atom is 0.308 e. The maximum atomic E-state index is 12.2. The predicted octanol–water partition coefficient (Wildman–Crippen LogP) is 0.878. The molecule has 134 valence electrons. The fourth-order valence-corrected chi connectivity index (χ4v) is 5.90. The molecule has 11 heteroatoms. The Balaban J connectivity index is 1.96. The van der Waals surface area contributed by atoms with Gasteiger partial charge in [0.05, 0.1) is 12.5 Å². The van der Waals surface area contributed by atoms with Crippen molar-refractivity contribution in [1.29, 1.82) is 0 Å². The Morgan fingerprint density at radius 3 is 2.75 bits per heavy atom. The van der Waals surface area contributed by atoms with Gasteiger partial charge in [0.15, 0.2) is 0 Å². The normalized spacial score (nSPS) is 15.8. The van der Waals surface area contributed by atoms with Crippen LogP contribution in [0.15, 0.2) is 20.7 Å². The van der Waals surface area contributed by atoms with E-state index in [0.29, 0.717) is 23.3 Å². The summed E-state index contributed by atoms with van der Waals surface area (Å²) in [6, 6.07) is 1.32. The van der Waals surface area contributed by atoms with E-state index in [4.69, 9.17) is 4.74 Å². The summed E-state index contributed by atoms with van der Waals surface area (Å²) in [6.07, 6.45) is 3.07. The fraction of sp³-hybridized carbons (Fsp3) is 0.462. The lowest BCUT2D eigenvalue weighted by atomic mass is 10.2. The highest BCUT2D eigenvalue weighted by Gasteiger charge is 2.27. The molecule has 1 aliphatic heterocycles. The molecule has 1 aromatic rings. The van der Waals surface area contributed by atoms with Crippen LogP contribution in [0, 0.1) is 5.92 Å². The number of nitrogens with one attached hydrogen (secondary N) is 2. The lowest BCUT2D eigenvalue weighted by Crippen LogP contribution is -2.25. The van der Waals surface area contributed by atoms with Gasteiger partial charge in [-0.2, -0.15) is 0 Å². The van der Waals surface area contributed by atoms with Crippen molar-refractivity contribution in [2.75, 3.05) is 13.2 Å². The number of fused-ring (bicyclic) bond motifs is 1. The molecule has 2 heterocycles. The van der Waals surface area contributed by atoms with Crippen LogP contribution >= 0.6 is 11.3 Å². The second-order valence-electron chi connectivity index (χ2n) is 5.34. The third-order valence-corrected chi connectivity index (χ3v) is 7.98. The van der Waals surface area contributed by atoms with Gasteiger partial charge in [-0.15, -0.1) is 11.3 Å². The molecule has 0 aromatic carbocycles. The van der Waals surface area contributed by atoms with Crippen molar-refractivity contribution in [3.05, 3.63) is 17.8 Å². The number of esters is 1. The quantitative estimate of drug-likeness (QED) is 0.523. The van der Waals surface area contributed by atoms with E-state index in [2.05, 4.69) is 9.44 Å². The molecule has 0 aliphatic carbocycles. The second-order valence-corrected chi connectivity index (χ2v) is 10.3. The van der Waals surface area contributed by atoms with Crippen LogP contribution in [0.3, 0.4) is 0 Å². The minimum absolute atomic E-state index is 0.0313. The van der Waals surface area contributed by atoms with Gasteiger partial charge in [0.2, 0.25) is 10.0 Å². The Kier molecular flexibility index (Phi) is 5.68. The third kappa shape index (κ3) is 4.35. The Morgan fingerprint density at radius 2 is 2.12 bits per heavy atom. The molecule has 0 fully saturated rings. The summed E-state index contributed by atoms with van der Waals surface area (Å²) >= 11 is 0.684. The number of sulfonamides is 2. The zero-order valence-corrected chi connectivity index (χ0v) is 15.6. The number of hydrogen-bond acceptors (Lipinski definition) is 7. The maximum absolute atomic E-state index is 12.2. The first-order valence-corrected chi connectivity index (χ1v) is 10.9. The van der Waals surface area contributed by atoms with Gasteiger partial charge in [0, 0.05) is 18.3 Å². The highest BCUT2D eigenvalue weighted by atomic mass is 32.3. The van der Waals surface area contributed by atoms with Crippen LogP contribution < -0.4 is 9.44 Å². The Bertz CT molecular complexity index is 852. The molecule has 0 bridgehead atoms. The van der Waals surface area contributed by atoms with Gasteiger partial charge in [-0.25, -0.2) is 21.6 Å². The summed E-state index contributed by atoms with van der Waals surface area (Å²) in [4.78, 5) is 11.3. The third-order valence-electron chi connectivity index (χ3n) is 3.03. The zero-order chi connectivity index (χ0) is 18.0. The minimum atomic E-state index is -3.82. The van der Waals surface area contributed by atoms with Crippen molar-refractivity contribution in [1.82, 2.24) is 9.44 Å². The van der Waals surface area contributed by atoms with Crippen molar-refractivity contribution in [3.63, 3.8) is 0 Å². The first-order chi connectivity index (χ1) is 11.1. The highest BCUT2D eigenvalue weighted by molar-refractivity contribution is 7.94. The molecular weight excluding hydrogens is 376 g/mol. The SMILES string of the molecule is CC(C)C(=O)OCCCNS(=O)(=O)c1cc2c(s1)S(=O)(=O)NC=C2. The minimum Gasteiger partial charge on any atom is -0.465 e. The van der Waals surface area contributed by atoms with Crippen LogP contribution in [0.5, 0.6) is 0 Å². The smallest absolute Gasteiger partial charge is 0.308 e. The molecule has 2 N–H and O–H groups in total. The number of rotatable bonds is 7. The van der Waals surface area contributed by atoms with Crippen LogP contribution in [-0.4, -0.2) is 36.0 Å². The topological polar surface area (TPSA) is 119 Å². The molecule has 0 spiro atoms. The number of hydrogen-bond donors (Lipinski definition) is 2. The van der Waals surface area contributed by atoms with Gasteiger partial charge < -0.3 is 4.74 Å². The van der Waals surface area contributed by atoms with Crippen LogP contribution in [0.4, 0.5) is 0 Å². The largest absolute Gasteiger partial charge is 0.465 e. The molecule has 0 radical (unpaired) electrons. The number of ether oxygens (including phenoxy) is 1. The van der Waals surface area contributed by atoms with Gasteiger partial charge in [-0.05, 0) is 18.6 Å². The standard InChI is InChI=1S/C13H18N2O6S3/c1-9(2)12(16)21-7-3-5-14-23(17,18)11-8-10-4-6-15-24(19,20)13(10)22-11/h4,6,8-9,14-15H,3,5,7H2,1-2H3.